The first-order valence-electron chi connectivity index (χ1n) is 9.31. The molecule has 0 radical (unpaired) electrons. The molecule has 0 unspecified atom stereocenters. The van der Waals surface area contributed by atoms with Crippen molar-refractivity contribution in [3.05, 3.63) is 74.2 Å². The van der Waals surface area contributed by atoms with Crippen LogP contribution in [0.25, 0.3) is 32.9 Å². The molecule has 4 rings (SSSR count). The number of fused-ring (bicyclic) bond motifs is 2. The number of aromatic nitrogens is 1. The van der Waals surface area contributed by atoms with Crippen molar-refractivity contribution >= 4 is 61.2 Å². The van der Waals surface area contributed by atoms with Crippen LogP contribution >= 0.6 is 31.9 Å². The number of hydrogen-bond acceptors (Lipinski definition) is 0. The summed E-state index contributed by atoms with van der Waals surface area (Å²) in [6.07, 6.45) is 0. The Kier molecular flexibility index (Phi) is 8.28. The largest absolute Gasteiger partial charge is 1.00 e. The van der Waals surface area contributed by atoms with Crippen LogP contribution in [0.5, 0.6) is 0 Å². The topological polar surface area (TPSA) is 3.88 Å². The van der Waals surface area contributed by atoms with Crippen LogP contribution in [0.3, 0.4) is 0 Å². The van der Waals surface area contributed by atoms with E-state index in [0.717, 1.165) is 8.95 Å². The minimum Gasteiger partial charge on any atom is -1.00 e. The summed E-state index contributed by atoms with van der Waals surface area (Å²) >= 11 is 7.34. The first kappa shape index (κ1) is 25.3. The van der Waals surface area contributed by atoms with E-state index in [9.17, 15) is 12.9 Å². The average Bonchev–Trinajstić information content (AvgIpc) is 2.62. The van der Waals surface area contributed by atoms with E-state index < -0.39 is 7.54 Å². The third kappa shape index (κ3) is 5.29. The molecule has 31 heavy (non-hydrogen) atoms. The Morgan fingerprint density at radius 3 is 1.48 bits per heavy atom. The minimum absolute atomic E-state index is 0. The van der Waals surface area contributed by atoms with Gasteiger partial charge in [-0.25, -0.2) is 0 Å². The number of nitrogens with zero attached hydrogens (tertiary/aromatic N) is 1. The van der Waals surface area contributed by atoms with Crippen LogP contribution in [0, 0.1) is 20.8 Å². The smallest absolute Gasteiger partial charge is 0.762 e. The molecule has 8 heteroatoms. The van der Waals surface area contributed by atoms with Gasteiger partial charge < -0.3 is 4.70 Å². The molecule has 0 aliphatic heterocycles. The van der Waals surface area contributed by atoms with Gasteiger partial charge >= 0.3 is 7.54 Å². The predicted molar refractivity (Wildman–Crippen MR) is 127 cm³/mol. The maximum absolute atomic E-state index is 9.67. The molecular formula is C23H20BBr2F4N. The van der Waals surface area contributed by atoms with Crippen molar-refractivity contribution in [3.8, 4) is 11.1 Å². The highest BCUT2D eigenvalue weighted by molar-refractivity contribution is 9.10. The Morgan fingerprint density at radius 1 is 0.710 bits per heavy atom. The van der Waals surface area contributed by atoms with E-state index in [1.54, 1.807) is 0 Å². The number of rotatable bonds is 1. The molecule has 0 atom stereocenters. The van der Waals surface area contributed by atoms with Crippen molar-refractivity contribution in [1.29, 1.82) is 0 Å². The van der Waals surface area contributed by atoms with Crippen LogP contribution in [0.4, 0.5) is 12.9 Å². The standard InChI is InChI=1S/C23H20Br2N.BF3.FH/c1-13-9-14(2)22(15(3)10-13)23-18-11-16(24)5-7-20(18)26(4)21-8-6-17(25)12-19(21)23;2-1(3)4;/h5-12H,1-4H3;;1H/q+1;;/p-1. The molecule has 4 aromatic rings. The highest BCUT2D eigenvalue weighted by Crippen LogP contribution is 2.39. The maximum atomic E-state index is 9.67. The Labute approximate surface area is 196 Å². The van der Waals surface area contributed by atoms with E-state index in [1.165, 1.54) is 49.6 Å². The Hall–Kier alpha value is -1.93. The van der Waals surface area contributed by atoms with E-state index in [1.807, 2.05) is 0 Å². The quantitative estimate of drug-likeness (QED) is 0.137. The van der Waals surface area contributed by atoms with Crippen molar-refractivity contribution < 1.29 is 22.2 Å². The van der Waals surface area contributed by atoms with Gasteiger partial charge in [0.2, 0.25) is 11.0 Å². The van der Waals surface area contributed by atoms with Crippen molar-refractivity contribution in [2.75, 3.05) is 0 Å². The van der Waals surface area contributed by atoms with E-state index in [4.69, 9.17) is 0 Å². The Balaban J connectivity index is 0.000000631. The van der Waals surface area contributed by atoms with Gasteiger partial charge in [-0.3, -0.25) is 12.9 Å². The number of halogens is 6. The van der Waals surface area contributed by atoms with Crippen LogP contribution in [-0.4, -0.2) is 7.54 Å². The first-order valence-corrected chi connectivity index (χ1v) is 10.9. The van der Waals surface area contributed by atoms with Crippen LogP contribution in [0.15, 0.2) is 57.5 Å². The Morgan fingerprint density at radius 2 is 1.10 bits per heavy atom. The molecule has 3 aromatic carbocycles. The summed E-state index contributed by atoms with van der Waals surface area (Å²) < 4.78 is 33.5. The normalized spacial score (nSPS) is 10.5. The first-order chi connectivity index (χ1) is 14.1. The molecule has 0 bridgehead atoms. The zero-order chi connectivity index (χ0) is 22.2. The van der Waals surface area contributed by atoms with Gasteiger partial charge in [0.1, 0.15) is 7.05 Å². The molecule has 0 spiro atoms. The summed E-state index contributed by atoms with van der Waals surface area (Å²) in [4.78, 5) is 0. The van der Waals surface area contributed by atoms with Crippen LogP contribution in [0.1, 0.15) is 16.7 Å². The van der Waals surface area contributed by atoms with Crippen LogP contribution < -0.4 is 9.27 Å². The van der Waals surface area contributed by atoms with Gasteiger partial charge in [0, 0.05) is 26.6 Å². The summed E-state index contributed by atoms with van der Waals surface area (Å²) in [5.74, 6) is 0. The fourth-order valence-electron chi connectivity index (χ4n) is 4.12. The third-order valence-corrected chi connectivity index (χ3v) is 6.09. The van der Waals surface area contributed by atoms with E-state index >= 15 is 0 Å². The fraction of sp³-hybridized carbons (Fsp3) is 0.174. The summed E-state index contributed by atoms with van der Waals surface area (Å²) in [6.45, 7) is 6.60. The molecule has 1 aromatic heterocycles. The van der Waals surface area contributed by atoms with E-state index in [0.29, 0.717) is 0 Å². The molecule has 0 saturated carbocycles. The summed E-state index contributed by atoms with van der Waals surface area (Å²) in [5.41, 5.74) is 9.06. The van der Waals surface area contributed by atoms with E-state index in [2.05, 4.69) is 113 Å². The van der Waals surface area contributed by atoms with E-state index in [-0.39, 0.29) is 4.70 Å². The summed E-state index contributed by atoms with van der Waals surface area (Å²) in [5, 5.41) is 2.53. The lowest BCUT2D eigenvalue weighted by Crippen LogP contribution is -3.00. The lowest BCUT2D eigenvalue weighted by atomic mass is 9.89. The Bertz CT molecular complexity index is 1170. The molecule has 0 N–H and O–H groups in total. The van der Waals surface area contributed by atoms with Crippen LogP contribution in [0.2, 0.25) is 0 Å². The number of hydrogen-bond donors (Lipinski definition) is 0. The molecule has 0 amide bonds. The molecule has 0 fully saturated rings. The van der Waals surface area contributed by atoms with Gasteiger partial charge in [0.05, 0.1) is 10.8 Å². The molecule has 1 nitrogen and oxygen atoms in total. The van der Waals surface area contributed by atoms with Crippen LogP contribution in [-0.2, 0) is 7.05 Å². The molecular weight excluding hydrogens is 537 g/mol. The third-order valence-electron chi connectivity index (χ3n) is 5.11. The predicted octanol–water partition coefficient (Wildman–Crippen LogP) is 4.82. The second-order valence-corrected chi connectivity index (χ2v) is 9.11. The summed E-state index contributed by atoms with van der Waals surface area (Å²) in [6, 6.07) is 17.7. The molecule has 0 saturated heterocycles. The fourth-order valence-corrected chi connectivity index (χ4v) is 4.84. The second kappa shape index (κ2) is 10.1. The molecule has 0 aliphatic rings. The second-order valence-electron chi connectivity index (χ2n) is 7.28. The summed E-state index contributed by atoms with van der Waals surface area (Å²) in [7, 11) is -1.52. The maximum Gasteiger partial charge on any atom is 0.762 e. The van der Waals surface area contributed by atoms with Gasteiger partial charge in [-0.15, -0.1) is 0 Å². The monoisotopic (exact) mass is 555 g/mol. The average molecular weight is 557 g/mol. The molecule has 1 heterocycles. The number of pyridine rings is 1. The van der Waals surface area contributed by atoms with Gasteiger partial charge in [0.25, 0.3) is 0 Å². The lowest BCUT2D eigenvalue weighted by Gasteiger charge is -2.16. The van der Waals surface area contributed by atoms with Gasteiger partial charge in [-0.2, -0.15) is 4.57 Å². The van der Waals surface area contributed by atoms with Gasteiger partial charge in [-0.1, -0.05) is 49.6 Å². The highest BCUT2D eigenvalue weighted by atomic mass is 79.9. The zero-order valence-electron chi connectivity index (χ0n) is 17.4. The number of aryl methyl sites for hydroxylation is 4. The van der Waals surface area contributed by atoms with Gasteiger partial charge in [0.15, 0.2) is 0 Å². The highest BCUT2D eigenvalue weighted by Gasteiger charge is 2.21. The van der Waals surface area contributed by atoms with Crippen molar-refractivity contribution in [2.45, 2.75) is 20.8 Å². The molecule has 0 aliphatic carbocycles. The number of benzene rings is 3. The van der Waals surface area contributed by atoms with Crippen molar-refractivity contribution in [1.82, 2.24) is 0 Å². The molecule has 162 valence electrons. The van der Waals surface area contributed by atoms with Gasteiger partial charge in [-0.05, 0) is 61.7 Å². The minimum atomic E-state index is -3.67. The SMILES string of the molecule is Cc1cc(C)c(-c2c3cc(Br)ccc3[n+](C)c3ccc(Br)cc23)c(C)c1.FB(F)F.[F-]. The van der Waals surface area contributed by atoms with Crippen molar-refractivity contribution in [3.63, 3.8) is 0 Å². The van der Waals surface area contributed by atoms with Crippen molar-refractivity contribution in [2.24, 2.45) is 7.05 Å². The lowest BCUT2D eigenvalue weighted by molar-refractivity contribution is -0.617. The zero-order valence-corrected chi connectivity index (χ0v) is 20.6.